The number of benzene rings is 2. The highest BCUT2D eigenvalue weighted by molar-refractivity contribution is 6.08. The van der Waals surface area contributed by atoms with E-state index in [4.69, 9.17) is 5.73 Å². The van der Waals surface area contributed by atoms with Crippen LogP contribution in [0.1, 0.15) is 97.8 Å². The highest BCUT2D eigenvalue weighted by Crippen LogP contribution is 2.38. The van der Waals surface area contributed by atoms with Crippen LogP contribution in [0.3, 0.4) is 0 Å². The summed E-state index contributed by atoms with van der Waals surface area (Å²) >= 11 is 0. The number of nitrogens with one attached hydrogen (secondary N) is 1. The fourth-order valence-electron chi connectivity index (χ4n) is 6.44. The smallest absolute Gasteiger partial charge is 0.261 e. The van der Waals surface area contributed by atoms with Gasteiger partial charge in [-0.15, -0.1) is 0 Å². The number of halogens is 2. The van der Waals surface area contributed by atoms with Gasteiger partial charge in [-0.2, -0.15) is 5.10 Å². The van der Waals surface area contributed by atoms with Crippen molar-refractivity contribution in [3.8, 4) is 0 Å². The second kappa shape index (κ2) is 13.3. The number of aromatic nitrogens is 2. The zero-order valence-corrected chi connectivity index (χ0v) is 23.8. The summed E-state index contributed by atoms with van der Waals surface area (Å²) in [5.41, 5.74) is 11.7. The minimum Gasteiger partial charge on any atom is -0.382 e. The number of nitrogen functional groups attached to an aromatic ring is 1. The standard InChI is InChI=1S/C34H40F2N4O/c1-2-6-25-13-14-28(36)22-30(25)26-9-5-8-23(11-12-26)21-24-7-3-4-10-31-32(33(37)39-40(31)20-19-24)34(41)38-29-17-15-27(35)16-18-29/h7,13-20,22-23,26H,2-6,8-12,21H2,1H3,(H2,37,39)(H,38,41)/t23?,26-/m0/s1. The molecule has 5 nitrogen and oxygen atoms in total. The molecule has 2 aliphatic rings. The van der Waals surface area contributed by atoms with Gasteiger partial charge in [-0.1, -0.05) is 43.9 Å². The van der Waals surface area contributed by atoms with Crippen molar-refractivity contribution in [2.45, 2.75) is 83.5 Å². The van der Waals surface area contributed by atoms with Crippen molar-refractivity contribution < 1.29 is 13.6 Å². The van der Waals surface area contributed by atoms with E-state index in [1.165, 1.54) is 47.4 Å². The molecule has 1 aromatic heterocycles. The van der Waals surface area contributed by atoms with E-state index in [1.54, 1.807) is 16.8 Å². The summed E-state index contributed by atoms with van der Waals surface area (Å²) in [7, 11) is 0. The summed E-state index contributed by atoms with van der Waals surface area (Å²) in [5, 5.41) is 7.29. The molecule has 7 heteroatoms. The van der Waals surface area contributed by atoms with Crippen molar-refractivity contribution in [3.05, 3.63) is 94.2 Å². The second-order valence-corrected chi connectivity index (χ2v) is 11.5. The van der Waals surface area contributed by atoms with E-state index in [2.05, 4.69) is 29.5 Å². The van der Waals surface area contributed by atoms with E-state index in [-0.39, 0.29) is 23.4 Å². The fraction of sp³-hybridized carbons (Fsp3) is 0.412. The first-order valence-corrected chi connectivity index (χ1v) is 15.0. The van der Waals surface area contributed by atoms with Gasteiger partial charge in [0.2, 0.25) is 0 Å². The zero-order valence-electron chi connectivity index (χ0n) is 23.8. The summed E-state index contributed by atoms with van der Waals surface area (Å²) in [6.45, 7) is 2.18. The summed E-state index contributed by atoms with van der Waals surface area (Å²) < 4.78 is 29.2. The van der Waals surface area contributed by atoms with Crippen LogP contribution in [0.2, 0.25) is 0 Å². The van der Waals surface area contributed by atoms with Crippen molar-refractivity contribution in [3.63, 3.8) is 0 Å². The summed E-state index contributed by atoms with van der Waals surface area (Å²) in [6, 6.07) is 11.0. The average Bonchev–Trinajstić information content (AvgIpc) is 3.14. The van der Waals surface area contributed by atoms with Crippen molar-refractivity contribution in [1.29, 1.82) is 0 Å². The number of allylic oxidation sites excluding steroid dienone is 3. The van der Waals surface area contributed by atoms with Gasteiger partial charge >= 0.3 is 0 Å². The molecule has 3 aromatic rings. The van der Waals surface area contributed by atoms with Crippen LogP contribution in [-0.2, 0) is 12.8 Å². The molecule has 1 unspecified atom stereocenters. The molecule has 5 rings (SSSR count). The molecule has 216 valence electrons. The largest absolute Gasteiger partial charge is 0.382 e. The van der Waals surface area contributed by atoms with Gasteiger partial charge in [0.1, 0.15) is 17.2 Å². The van der Waals surface area contributed by atoms with Crippen LogP contribution in [0.4, 0.5) is 20.3 Å². The lowest BCUT2D eigenvalue weighted by atomic mass is 9.86. The highest BCUT2D eigenvalue weighted by Gasteiger charge is 2.24. The van der Waals surface area contributed by atoms with Crippen molar-refractivity contribution in [2.24, 2.45) is 5.92 Å². The van der Waals surface area contributed by atoms with E-state index >= 15 is 0 Å². The number of nitrogens with zero attached hydrogens (tertiary/aromatic N) is 2. The monoisotopic (exact) mass is 558 g/mol. The first-order valence-electron chi connectivity index (χ1n) is 15.0. The Balaban J connectivity index is 1.26. The maximum atomic E-state index is 14.2. The molecular formula is C34H40F2N4O. The molecule has 0 radical (unpaired) electrons. The van der Waals surface area contributed by atoms with Crippen LogP contribution in [-0.4, -0.2) is 15.7 Å². The van der Waals surface area contributed by atoms with Gasteiger partial charge < -0.3 is 11.1 Å². The molecule has 1 aliphatic carbocycles. The number of amides is 1. The van der Waals surface area contributed by atoms with Crippen LogP contribution in [0, 0.1) is 17.6 Å². The molecule has 0 bridgehead atoms. The van der Waals surface area contributed by atoms with Crippen molar-refractivity contribution in [1.82, 2.24) is 9.78 Å². The molecular weight excluding hydrogens is 518 g/mol. The van der Waals surface area contributed by atoms with Crippen LogP contribution in [0.5, 0.6) is 0 Å². The lowest BCUT2D eigenvalue weighted by Gasteiger charge is -2.19. The molecule has 0 saturated heterocycles. The van der Waals surface area contributed by atoms with Crippen molar-refractivity contribution in [2.75, 3.05) is 11.1 Å². The van der Waals surface area contributed by atoms with Gasteiger partial charge in [-0.25, -0.2) is 13.5 Å². The van der Waals surface area contributed by atoms with Gasteiger partial charge in [0.15, 0.2) is 5.82 Å². The number of anilines is 2. The zero-order chi connectivity index (χ0) is 28.8. The Morgan fingerprint density at radius 2 is 1.85 bits per heavy atom. The molecule has 2 atom stereocenters. The second-order valence-electron chi connectivity index (χ2n) is 11.5. The number of fused-ring (bicyclic) bond motifs is 1. The lowest BCUT2D eigenvalue weighted by Crippen LogP contribution is -2.15. The number of aryl methyl sites for hydroxylation is 1. The Kier molecular flexibility index (Phi) is 9.32. The van der Waals surface area contributed by atoms with Crippen LogP contribution < -0.4 is 11.1 Å². The summed E-state index contributed by atoms with van der Waals surface area (Å²) in [4.78, 5) is 13.1. The SMILES string of the molecule is CCCc1ccc(F)cc1[C@H]1CCCC(CC2=CCCCc3c(C(=O)Nc4ccc(F)cc4)c(N)nn3C=C2)CC1. The molecule has 1 aliphatic heterocycles. The molecule has 2 aromatic carbocycles. The Morgan fingerprint density at radius 3 is 2.66 bits per heavy atom. The lowest BCUT2D eigenvalue weighted by molar-refractivity contribution is 0.102. The minimum atomic E-state index is -0.362. The average molecular weight is 559 g/mol. The molecule has 2 heterocycles. The molecule has 3 N–H and O–H groups in total. The number of hydrogen-bond donors (Lipinski definition) is 2. The number of nitrogens with two attached hydrogens (primary N) is 1. The minimum absolute atomic E-state index is 0.128. The number of carbonyl (C=O) groups excluding carboxylic acids is 1. The maximum Gasteiger partial charge on any atom is 0.261 e. The van der Waals surface area contributed by atoms with Gasteiger partial charge in [0.05, 0.1) is 5.69 Å². The molecule has 0 spiro atoms. The number of hydrogen-bond acceptors (Lipinski definition) is 3. The van der Waals surface area contributed by atoms with Crippen LogP contribution in [0.25, 0.3) is 6.20 Å². The highest BCUT2D eigenvalue weighted by atomic mass is 19.1. The van der Waals surface area contributed by atoms with E-state index < -0.39 is 0 Å². The van der Waals surface area contributed by atoms with E-state index in [9.17, 15) is 13.6 Å². The first kappa shape index (κ1) is 28.8. The topological polar surface area (TPSA) is 72.9 Å². The first-order chi connectivity index (χ1) is 19.9. The fourth-order valence-corrected chi connectivity index (χ4v) is 6.44. The van der Waals surface area contributed by atoms with Crippen LogP contribution in [0.15, 0.2) is 60.2 Å². The third-order valence-electron chi connectivity index (χ3n) is 8.50. The Bertz CT molecular complexity index is 1420. The quantitative estimate of drug-likeness (QED) is 0.286. The Morgan fingerprint density at radius 1 is 1.05 bits per heavy atom. The van der Waals surface area contributed by atoms with E-state index in [0.29, 0.717) is 29.5 Å². The van der Waals surface area contributed by atoms with E-state index in [1.807, 2.05) is 12.3 Å². The third kappa shape index (κ3) is 7.13. The molecule has 41 heavy (non-hydrogen) atoms. The third-order valence-corrected chi connectivity index (χ3v) is 8.50. The normalized spacial score (nSPS) is 19.3. The molecule has 1 saturated carbocycles. The summed E-state index contributed by atoms with van der Waals surface area (Å²) in [6.07, 6.45) is 17.5. The summed E-state index contributed by atoms with van der Waals surface area (Å²) in [5.74, 6) is 0.362. The molecule has 1 fully saturated rings. The van der Waals surface area contributed by atoms with Crippen molar-refractivity contribution >= 4 is 23.6 Å². The predicted octanol–water partition coefficient (Wildman–Crippen LogP) is 8.44. The van der Waals surface area contributed by atoms with Gasteiger partial charge in [-0.3, -0.25) is 4.79 Å². The maximum absolute atomic E-state index is 14.2. The Hall–Kier alpha value is -3.74. The number of rotatable bonds is 7. The van der Waals surface area contributed by atoms with Gasteiger partial charge in [0, 0.05) is 11.9 Å². The van der Waals surface area contributed by atoms with Gasteiger partial charge in [0.25, 0.3) is 5.91 Å². The van der Waals surface area contributed by atoms with Gasteiger partial charge in [-0.05, 0) is 117 Å². The molecule has 1 amide bonds. The predicted molar refractivity (Wildman–Crippen MR) is 162 cm³/mol. The van der Waals surface area contributed by atoms with Crippen LogP contribution >= 0.6 is 0 Å². The Labute approximate surface area is 241 Å². The van der Waals surface area contributed by atoms with E-state index in [0.717, 1.165) is 63.5 Å². The number of carbonyl (C=O) groups is 1.